The van der Waals surface area contributed by atoms with Crippen molar-refractivity contribution in [3.8, 4) is 0 Å². The fraction of sp³-hybridized carbons (Fsp3) is 0.750. The number of rotatable bonds is 3. The summed E-state index contributed by atoms with van der Waals surface area (Å²) in [5.41, 5.74) is 5.16. The monoisotopic (exact) mass is 289 g/mol. The van der Waals surface area contributed by atoms with Gasteiger partial charge in [0, 0.05) is 49.0 Å². The van der Waals surface area contributed by atoms with E-state index in [1.165, 1.54) is 11.3 Å². The van der Waals surface area contributed by atoms with Gasteiger partial charge in [0.15, 0.2) is 5.13 Å². The van der Waals surface area contributed by atoms with E-state index in [-0.39, 0.29) is 19.4 Å². The lowest BCUT2D eigenvalue weighted by Crippen LogP contribution is -2.53. The normalized spacial score (nSPS) is 25.1. The summed E-state index contributed by atoms with van der Waals surface area (Å²) in [4.78, 5) is 7.40. The highest BCUT2D eigenvalue weighted by atomic mass is 32.1. The number of morpholine rings is 1. The van der Waals surface area contributed by atoms with Crippen molar-refractivity contribution in [3.05, 3.63) is 11.1 Å². The summed E-state index contributed by atoms with van der Waals surface area (Å²) in [7, 11) is 0. The number of anilines is 1. The minimum absolute atomic E-state index is 0.152. The molecule has 2 aliphatic rings. The Morgan fingerprint density at radius 3 is 2.63 bits per heavy atom. The van der Waals surface area contributed by atoms with Crippen LogP contribution in [0.3, 0.4) is 0 Å². The topological polar surface area (TPSA) is 51.4 Å². The fourth-order valence-electron chi connectivity index (χ4n) is 2.77. The number of thiazole rings is 1. The number of nitrogens with two attached hydrogens (primary N) is 1. The van der Waals surface area contributed by atoms with Crippen LogP contribution in [-0.4, -0.2) is 43.8 Å². The first kappa shape index (κ1) is 13.2. The minimum atomic E-state index is -2.57. The highest BCUT2D eigenvalue weighted by Gasteiger charge is 2.57. The van der Waals surface area contributed by atoms with E-state index < -0.39 is 11.3 Å². The molecule has 2 fully saturated rings. The zero-order valence-electron chi connectivity index (χ0n) is 10.6. The lowest BCUT2D eigenvalue weighted by atomic mass is 9.65. The van der Waals surface area contributed by atoms with Crippen molar-refractivity contribution in [1.82, 2.24) is 4.98 Å². The van der Waals surface area contributed by atoms with Crippen LogP contribution in [-0.2, 0) is 10.2 Å². The van der Waals surface area contributed by atoms with Gasteiger partial charge in [-0.05, 0) is 0 Å². The van der Waals surface area contributed by atoms with E-state index in [0.717, 1.165) is 23.1 Å². The van der Waals surface area contributed by atoms with E-state index in [9.17, 15) is 8.78 Å². The van der Waals surface area contributed by atoms with Gasteiger partial charge in [-0.2, -0.15) is 0 Å². The molecule has 0 aromatic carbocycles. The maximum absolute atomic E-state index is 13.2. The Morgan fingerprint density at radius 1 is 1.37 bits per heavy atom. The Kier molecular flexibility index (Phi) is 3.23. The second-order valence-corrected chi connectivity index (χ2v) is 6.31. The first-order valence-electron chi connectivity index (χ1n) is 6.42. The molecule has 0 amide bonds. The van der Waals surface area contributed by atoms with Crippen molar-refractivity contribution in [1.29, 1.82) is 0 Å². The number of hydrogen-bond donors (Lipinski definition) is 1. The van der Waals surface area contributed by atoms with E-state index >= 15 is 0 Å². The average molecular weight is 289 g/mol. The number of halogens is 2. The molecule has 1 saturated carbocycles. The third-order valence-electron chi connectivity index (χ3n) is 3.88. The first-order chi connectivity index (χ1) is 9.05. The quantitative estimate of drug-likeness (QED) is 0.918. The third kappa shape index (κ3) is 2.34. The summed E-state index contributed by atoms with van der Waals surface area (Å²) < 4.78 is 31.6. The predicted octanol–water partition coefficient (Wildman–Crippen LogP) is 1.61. The molecule has 0 radical (unpaired) electrons. The molecule has 106 valence electrons. The fourth-order valence-corrected chi connectivity index (χ4v) is 3.93. The van der Waals surface area contributed by atoms with E-state index in [1.807, 2.05) is 0 Å². The van der Waals surface area contributed by atoms with Crippen LogP contribution in [0.4, 0.5) is 13.9 Å². The average Bonchev–Trinajstić information content (AvgIpc) is 2.86. The van der Waals surface area contributed by atoms with Crippen LogP contribution >= 0.6 is 11.3 Å². The van der Waals surface area contributed by atoms with Gasteiger partial charge in [0.1, 0.15) is 0 Å². The van der Waals surface area contributed by atoms with Crippen molar-refractivity contribution in [2.24, 2.45) is 5.73 Å². The van der Waals surface area contributed by atoms with E-state index in [2.05, 4.69) is 9.88 Å². The minimum Gasteiger partial charge on any atom is -0.378 e. The summed E-state index contributed by atoms with van der Waals surface area (Å²) in [5.74, 6) is -2.57. The van der Waals surface area contributed by atoms with E-state index in [1.54, 1.807) is 6.20 Å². The van der Waals surface area contributed by atoms with Crippen LogP contribution in [0.15, 0.2) is 6.20 Å². The van der Waals surface area contributed by atoms with E-state index in [4.69, 9.17) is 10.5 Å². The Labute approximate surface area is 114 Å². The van der Waals surface area contributed by atoms with Crippen molar-refractivity contribution in [3.63, 3.8) is 0 Å². The molecule has 2 heterocycles. The van der Waals surface area contributed by atoms with Gasteiger partial charge < -0.3 is 15.4 Å². The molecule has 1 aromatic heterocycles. The number of nitrogens with zero attached hydrogens (tertiary/aromatic N) is 2. The molecule has 1 aliphatic heterocycles. The summed E-state index contributed by atoms with van der Waals surface area (Å²) in [5, 5.41) is 0.890. The lowest BCUT2D eigenvalue weighted by molar-refractivity contribution is -0.122. The van der Waals surface area contributed by atoms with Crippen LogP contribution < -0.4 is 10.6 Å². The highest BCUT2D eigenvalue weighted by molar-refractivity contribution is 7.15. The number of ether oxygens (including phenoxy) is 1. The molecule has 1 aromatic rings. The van der Waals surface area contributed by atoms with Gasteiger partial charge in [0.2, 0.25) is 5.92 Å². The molecule has 0 atom stereocenters. The van der Waals surface area contributed by atoms with Crippen molar-refractivity contribution >= 4 is 16.5 Å². The van der Waals surface area contributed by atoms with Gasteiger partial charge in [0.25, 0.3) is 0 Å². The predicted molar refractivity (Wildman–Crippen MR) is 70.1 cm³/mol. The largest absolute Gasteiger partial charge is 0.378 e. The van der Waals surface area contributed by atoms with Crippen molar-refractivity contribution in [2.75, 3.05) is 37.7 Å². The maximum atomic E-state index is 13.2. The molecule has 0 unspecified atom stereocenters. The Balaban J connectivity index is 1.77. The molecular formula is C12H17F2N3OS. The Hall–Kier alpha value is -0.790. The molecule has 19 heavy (non-hydrogen) atoms. The second-order valence-electron chi connectivity index (χ2n) is 5.30. The maximum Gasteiger partial charge on any atom is 0.250 e. The van der Waals surface area contributed by atoms with Crippen LogP contribution in [0.2, 0.25) is 0 Å². The molecule has 0 spiro atoms. The van der Waals surface area contributed by atoms with E-state index in [0.29, 0.717) is 13.2 Å². The van der Waals surface area contributed by atoms with Crippen LogP contribution in [0.5, 0.6) is 0 Å². The van der Waals surface area contributed by atoms with Gasteiger partial charge >= 0.3 is 0 Å². The summed E-state index contributed by atoms with van der Waals surface area (Å²) in [6.07, 6.45) is 1.42. The third-order valence-corrected chi connectivity index (χ3v) is 5.19. The number of alkyl halides is 2. The molecule has 1 aliphatic carbocycles. The standard InChI is InChI=1S/C12H17F2N3OS/c13-12(14)6-11(7-12,8-15)9-5-16-10(19-9)17-1-3-18-4-2-17/h5H,1-4,6-8,15H2. The van der Waals surface area contributed by atoms with Gasteiger partial charge in [-0.1, -0.05) is 0 Å². The smallest absolute Gasteiger partial charge is 0.250 e. The van der Waals surface area contributed by atoms with Gasteiger partial charge in [0.05, 0.1) is 13.2 Å². The number of hydrogen-bond acceptors (Lipinski definition) is 5. The molecular weight excluding hydrogens is 272 g/mol. The Bertz CT molecular complexity index is 452. The molecule has 1 saturated heterocycles. The summed E-state index contributed by atoms with van der Waals surface area (Å²) in [6.45, 7) is 3.24. The first-order valence-corrected chi connectivity index (χ1v) is 7.23. The molecule has 2 N–H and O–H groups in total. The highest BCUT2D eigenvalue weighted by Crippen LogP contribution is 2.54. The van der Waals surface area contributed by atoms with Crippen LogP contribution in [0.1, 0.15) is 17.7 Å². The zero-order chi connectivity index (χ0) is 13.5. The van der Waals surface area contributed by atoms with Gasteiger partial charge in [-0.3, -0.25) is 0 Å². The molecule has 3 rings (SSSR count). The van der Waals surface area contributed by atoms with Crippen LogP contribution in [0, 0.1) is 0 Å². The summed E-state index contributed by atoms with van der Waals surface area (Å²) in [6, 6.07) is 0. The van der Waals surface area contributed by atoms with Crippen molar-refractivity contribution < 1.29 is 13.5 Å². The molecule has 0 bridgehead atoms. The SMILES string of the molecule is NCC1(c2cnc(N3CCOCC3)s2)CC(F)(F)C1. The number of aromatic nitrogens is 1. The summed E-state index contributed by atoms with van der Waals surface area (Å²) >= 11 is 1.49. The van der Waals surface area contributed by atoms with Gasteiger partial charge in [-0.25, -0.2) is 13.8 Å². The van der Waals surface area contributed by atoms with Crippen molar-refractivity contribution in [2.45, 2.75) is 24.2 Å². The Morgan fingerprint density at radius 2 is 2.05 bits per heavy atom. The lowest BCUT2D eigenvalue weighted by Gasteiger charge is -2.45. The molecule has 4 nitrogen and oxygen atoms in total. The second kappa shape index (κ2) is 4.64. The van der Waals surface area contributed by atoms with Crippen LogP contribution in [0.25, 0.3) is 0 Å². The molecule has 7 heteroatoms. The van der Waals surface area contributed by atoms with Gasteiger partial charge in [-0.15, -0.1) is 11.3 Å². The zero-order valence-corrected chi connectivity index (χ0v) is 11.4.